The lowest BCUT2D eigenvalue weighted by Crippen LogP contribution is -2.02. The lowest BCUT2D eigenvalue weighted by Gasteiger charge is -2.07. The van der Waals surface area contributed by atoms with Gasteiger partial charge in [-0.05, 0) is 24.6 Å². The third-order valence-electron chi connectivity index (χ3n) is 2.68. The van der Waals surface area contributed by atoms with Crippen LogP contribution >= 0.6 is 11.6 Å². The van der Waals surface area contributed by atoms with Gasteiger partial charge < -0.3 is 14.9 Å². The van der Waals surface area contributed by atoms with Gasteiger partial charge in [0.15, 0.2) is 11.7 Å². The minimum Gasteiger partial charge on any atom is -0.495 e. The summed E-state index contributed by atoms with van der Waals surface area (Å²) >= 11 is 6.11. The molecular weight excluding hydrogens is 252 g/mol. The SMILES string of the molecule is COc1cc(C)c(-c2cnc(CCN)o2)cc1Cl. The molecule has 0 saturated heterocycles. The van der Waals surface area contributed by atoms with Gasteiger partial charge in [-0.2, -0.15) is 0 Å². The van der Waals surface area contributed by atoms with Crippen LogP contribution in [-0.4, -0.2) is 18.6 Å². The van der Waals surface area contributed by atoms with Gasteiger partial charge in [-0.15, -0.1) is 0 Å². The number of oxazole rings is 1. The molecule has 1 aromatic heterocycles. The fraction of sp³-hybridized carbons (Fsp3) is 0.308. The third kappa shape index (κ3) is 2.49. The van der Waals surface area contributed by atoms with Gasteiger partial charge in [0, 0.05) is 18.5 Å². The Kier molecular flexibility index (Phi) is 3.89. The van der Waals surface area contributed by atoms with Crippen LogP contribution in [0.25, 0.3) is 11.3 Å². The van der Waals surface area contributed by atoms with E-state index in [9.17, 15) is 0 Å². The third-order valence-corrected chi connectivity index (χ3v) is 2.97. The summed E-state index contributed by atoms with van der Waals surface area (Å²) in [5, 5.41) is 0.551. The van der Waals surface area contributed by atoms with Gasteiger partial charge in [0.1, 0.15) is 5.75 Å². The van der Waals surface area contributed by atoms with Crippen molar-refractivity contribution in [3.8, 4) is 17.1 Å². The van der Waals surface area contributed by atoms with E-state index in [0.717, 1.165) is 11.1 Å². The Morgan fingerprint density at radius 3 is 2.89 bits per heavy atom. The highest BCUT2D eigenvalue weighted by Gasteiger charge is 2.12. The monoisotopic (exact) mass is 266 g/mol. The molecule has 0 radical (unpaired) electrons. The zero-order chi connectivity index (χ0) is 13.1. The van der Waals surface area contributed by atoms with E-state index >= 15 is 0 Å². The Morgan fingerprint density at radius 1 is 1.44 bits per heavy atom. The molecule has 0 spiro atoms. The number of benzene rings is 1. The van der Waals surface area contributed by atoms with E-state index in [2.05, 4.69) is 4.98 Å². The first-order valence-corrected chi connectivity index (χ1v) is 6.02. The second-order valence-electron chi connectivity index (χ2n) is 3.96. The van der Waals surface area contributed by atoms with Gasteiger partial charge in [0.25, 0.3) is 0 Å². The van der Waals surface area contributed by atoms with Crippen molar-refractivity contribution >= 4 is 11.6 Å². The second kappa shape index (κ2) is 5.42. The predicted octanol–water partition coefficient (Wildman–Crippen LogP) is 2.81. The quantitative estimate of drug-likeness (QED) is 0.924. The van der Waals surface area contributed by atoms with Crippen molar-refractivity contribution in [2.24, 2.45) is 5.73 Å². The van der Waals surface area contributed by atoms with Crippen LogP contribution in [0.5, 0.6) is 5.75 Å². The van der Waals surface area contributed by atoms with Gasteiger partial charge in [-0.1, -0.05) is 11.6 Å². The first-order valence-electron chi connectivity index (χ1n) is 5.65. The Hall–Kier alpha value is -1.52. The van der Waals surface area contributed by atoms with E-state index in [1.54, 1.807) is 13.3 Å². The van der Waals surface area contributed by atoms with Gasteiger partial charge in [0.05, 0.1) is 18.3 Å². The molecule has 0 aliphatic carbocycles. The maximum atomic E-state index is 6.11. The molecule has 1 aromatic carbocycles. The molecule has 0 amide bonds. The van der Waals surface area contributed by atoms with E-state index in [0.29, 0.717) is 35.4 Å². The molecule has 2 aromatic rings. The van der Waals surface area contributed by atoms with Crippen LogP contribution in [-0.2, 0) is 6.42 Å². The molecule has 5 heteroatoms. The molecule has 1 heterocycles. The minimum atomic E-state index is 0.516. The summed E-state index contributed by atoms with van der Waals surface area (Å²) in [6.07, 6.45) is 2.32. The topological polar surface area (TPSA) is 61.3 Å². The summed E-state index contributed by atoms with van der Waals surface area (Å²) in [5.41, 5.74) is 7.40. The fourth-order valence-corrected chi connectivity index (χ4v) is 1.99. The molecule has 2 N–H and O–H groups in total. The van der Waals surface area contributed by atoms with Gasteiger partial charge in [-0.3, -0.25) is 0 Å². The molecule has 0 aliphatic heterocycles. The standard InChI is InChI=1S/C13H15ClN2O2/c1-8-5-11(17-2)10(14)6-9(8)12-7-16-13(18-12)3-4-15/h5-7H,3-4,15H2,1-2H3. The van der Waals surface area contributed by atoms with Gasteiger partial charge in [-0.25, -0.2) is 4.98 Å². The summed E-state index contributed by atoms with van der Waals surface area (Å²) in [6.45, 7) is 2.49. The molecule has 18 heavy (non-hydrogen) atoms. The number of methoxy groups -OCH3 is 1. The van der Waals surface area contributed by atoms with E-state index in [4.69, 9.17) is 26.5 Å². The first kappa shape index (κ1) is 12.9. The summed E-state index contributed by atoms with van der Waals surface area (Å²) in [7, 11) is 1.59. The Balaban J connectivity index is 2.40. The average molecular weight is 267 g/mol. The number of aryl methyl sites for hydroxylation is 1. The first-order chi connectivity index (χ1) is 8.65. The molecule has 0 fully saturated rings. The van der Waals surface area contributed by atoms with E-state index in [-0.39, 0.29) is 0 Å². The highest BCUT2D eigenvalue weighted by Crippen LogP contribution is 2.33. The molecule has 4 nitrogen and oxygen atoms in total. The van der Waals surface area contributed by atoms with Gasteiger partial charge in [0.2, 0.25) is 0 Å². The van der Waals surface area contributed by atoms with Crippen molar-refractivity contribution in [3.63, 3.8) is 0 Å². The van der Waals surface area contributed by atoms with Crippen molar-refractivity contribution in [1.29, 1.82) is 0 Å². The zero-order valence-electron chi connectivity index (χ0n) is 10.4. The van der Waals surface area contributed by atoms with Crippen LogP contribution in [0.1, 0.15) is 11.5 Å². The minimum absolute atomic E-state index is 0.516. The van der Waals surface area contributed by atoms with E-state index in [1.165, 1.54) is 0 Å². The number of rotatable bonds is 4. The number of halogens is 1. The summed E-state index contributed by atoms with van der Waals surface area (Å²) < 4.78 is 10.8. The molecule has 96 valence electrons. The van der Waals surface area contributed by atoms with Crippen LogP contribution in [0, 0.1) is 6.92 Å². The number of ether oxygens (including phenoxy) is 1. The lowest BCUT2D eigenvalue weighted by atomic mass is 10.1. The molecule has 0 bridgehead atoms. The number of hydrogen-bond donors (Lipinski definition) is 1. The zero-order valence-corrected chi connectivity index (χ0v) is 11.1. The molecule has 0 aliphatic rings. The number of nitrogens with zero attached hydrogens (tertiary/aromatic N) is 1. The van der Waals surface area contributed by atoms with Crippen molar-refractivity contribution < 1.29 is 9.15 Å². The molecule has 0 atom stereocenters. The summed E-state index contributed by atoms with van der Waals surface area (Å²) in [5.74, 6) is 1.99. The molecule has 2 rings (SSSR count). The summed E-state index contributed by atoms with van der Waals surface area (Å²) in [6, 6.07) is 3.70. The largest absolute Gasteiger partial charge is 0.495 e. The number of nitrogens with two attached hydrogens (primary N) is 1. The maximum absolute atomic E-state index is 6.11. The highest BCUT2D eigenvalue weighted by molar-refractivity contribution is 6.32. The lowest BCUT2D eigenvalue weighted by molar-refractivity contribution is 0.414. The Bertz CT molecular complexity index is 552. The second-order valence-corrected chi connectivity index (χ2v) is 4.37. The Labute approximate surface area is 111 Å². The predicted molar refractivity (Wildman–Crippen MR) is 71.0 cm³/mol. The highest BCUT2D eigenvalue weighted by atomic mass is 35.5. The van der Waals surface area contributed by atoms with Crippen LogP contribution in [0.15, 0.2) is 22.7 Å². The van der Waals surface area contributed by atoms with E-state index < -0.39 is 0 Å². The molecular formula is C13H15ClN2O2. The number of aromatic nitrogens is 1. The normalized spacial score (nSPS) is 10.7. The van der Waals surface area contributed by atoms with Gasteiger partial charge >= 0.3 is 0 Å². The van der Waals surface area contributed by atoms with Crippen molar-refractivity contribution in [3.05, 3.63) is 34.8 Å². The smallest absolute Gasteiger partial charge is 0.196 e. The van der Waals surface area contributed by atoms with Crippen LogP contribution < -0.4 is 10.5 Å². The van der Waals surface area contributed by atoms with Crippen molar-refractivity contribution in [1.82, 2.24) is 4.98 Å². The average Bonchev–Trinajstić information content (AvgIpc) is 2.80. The number of hydrogen-bond acceptors (Lipinski definition) is 4. The molecule has 0 unspecified atom stereocenters. The van der Waals surface area contributed by atoms with Crippen molar-refractivity contribution in [2.75, 3.05) is 13.7 Å². The van der Waals surface area contributed by atoms with Crippen LogP contribution in [0.3, 0.4) is 0 Å². The summed E-state index contributed by atoms with van der Waals surface area (Å²) in [4.78, 5) is 4.17. The fourth-order valence-electron chi connectivity index (χ4n) is 1.75. The Morgan fingerprint density at radius 2 is 2.22 bits per heavy atom. The maximum Gasteiger partial charge on any atom is 0.196 e. The van der Waals surface area contributed by atoms with E-state index in [1.807, 2.05) is 19.1 Å². The van der Waals surface area contributed by atoms with Crippen LogP contribution in [0.2, 0.25) is 5.02 Å². The van der Waals surface area contributed by atoms with Crippen LogP contribution in [0.4, 0.5) is 0 Å². The molecule has 0 saturated carbocycles. The van der Waals surface area contributed by atoms with Crippen molar-refractivity contribution in [2.45, 2.75) is 13.3 Å².